The molecule has 1 fully saturated rings. The molecule has 1 aliphatic heterocycles. The molecule has 1 heterocycles. The summed E-state index contributed by atoms with van der Waals surface area (Å²) in [5.74, 6) is -0.770. The molecule has 0 aliphatic carbocycles. The lowest BCUT2D eigenvalue weighted by Gasteiger charge is -2.21. The third kappa shape index (κ3) is 2.19. The third-order valence-corrected chi connectivity index (χ3v) is 2.15. The van der Waals surface area contributed by atoms with E-state index in [1.54, 1.807) is 6.92 Å². The largest absolute Gasteiger partial charge is 0.480 e. The van der Waals surface area contributed by atoms with Gasteiger partial charge in [-0.3, -0.25) is 9.69 Å². The van der Waals surface area contributed by atoms with Gasteiger partial charge in [0.05, 0.1) is 6.10 Å². The molecule has 0 amide bonds. The van der Waals surface area contributed by atoms with Crippen LogP contribution in [0.4, 0.5) is 0 Å². The minimum atomic E-state index is -0.770. The molecule has 0 aromatic carbocycles. The Kier molecular flexibility index (Phi) is 3.05. The molecule has 70 valence electrons. The molecular weight excluding hydrogens is 158 g/mol. The number of carboxylic acids is 1. The van der Waals surface area contributed by atoms with Gasteiger partial charge in [-0.15, -0.1) is 0 Å². The van der Waals surface area contributed by atoms with Crippen molar-refractivity contribution in [3.8, 4) is 0 Å². The average Bonchev–Trinajstić information content (AvgIpc) is 2.33. The Morgan fingerprint density at radius 2 is 2.42 bits per heavy atom. The van der Waals surface area contributed by atoms with Gasteiger partial charge in [0.25, 0.3) is 0 Å². The Bertz CT molecular complexity index is 170. The van der Waals surface area contributed by atoms with E-state index >= 15 is 0 Å². The van der Waals surface area contributed by atoms with E-state index in [-0.39, 0.29) is 6.04 Å². The van der Waals surface area contributed by atoms with Crippen LogP contribution >= 0.6 is 0 Å². The Hall–Kier alpha value is -0.610. The predicted octanol–water partition coefficient (Wildman–Crippen LogP) is -0.0838. The second-order valence-corrected chi connectivity index (χ2v) is 3.34. The van der Waals surface area contributed by atoms with Crippen molar-refractivity contribution in [1.29, 1.82) is 0 Å². The van der Waals surface area contributed by atoms with Crippen molar-refractivity contribution in [2.75, 3.05) is 13.1 Å². The van der Waals surface area contributed by atoms with Gasteiger partial charge in [0.2, 0.25) is 0 Å². The standard InChI is InChI=1S/C8H15NO3/c1-6(10)5-9-4-2-3-7(9)8(11)12/h6-7,10H,2-5H2,1H3,(H,11,12)/t6-,7+/m1/s1. The van der Waals surface area contributed by atoms with E-state index in [1.165, 1.54) is 0 Å². The van der Waals surface area contributed by atoms with Gasteiger partial charge in [-0.2, -0.15) is 0 Å². The molecule has 0 unspecified atom stereocenters. The SMILES string of the molecule is C[C@@H](O)CN1CCC[C@H]1C(=O)O. The molecule has 0 spiro atoms. The van der Waals surface area contributed by atoms with Gasteiger partial charge in [-0.1, -0.05) is 0 Å². The van der Waals surface area contributed by atoms with E-state index in [9.17, 15) is 4.79 Å². The average molecular weight is 173 g/mol. The van der Waals surface area contributed by atoms with Crippen LogP contribution in [-0.4, -0.2) is 46.3 Å². The first-order valence-corrected chi connectivity index (χ1v) is 4.26. The lowest BCUT2D eigenvalue weighted by atomic mass is 10.2. The quantitative estimate of drug-likeness (QED) is 0.626. The molecule has 1 rings (SSSR count). The first-order valence-electron chi connectivity index (χ1n) is 4.26. The number of aliphatic hydroxyl groups excluding tert-OH is 1. The number of likely N-dealkylation sites (tertiary alicyclic amines) is 1. The maximum absolute atomic E-state index is 10.7. The summed E-state index contributed by atoms with van der Waals surface area (Å²) in [5, 5.41) is 17.9. The zero-order valence-corrected chi connectivity index (χ0v) is 7.23. The van der Waals surface area contributed by atoms with Gasteiger partial charge in [0.1, 0.15) is 6.04 Å². The van der Waals surface area contributed by atoms with Crippen molar-refractivity contribution in [2.24, 2.45) is 0 Å². The van der Waals surface area contributed by atoms with E-state index in [0.29, 0.717) is 13.0 Å². The molecule has 2 atom stereocenters. The molecule has 4 nitrogen and oxygen atoms in total. The second-order valence-electron chi connectivity index (χ2n) is 3.34. The highest BCUT2D eigenvalue weighted by Crippen LogP contribution is 2.17. The van der Waals surface area contributed by atoms with Crippen LogP contribution in [0.2, 0.25) is 0 Å². The Balaban J connectivity index is 2.46. The number of carbonyl (C=O) groups is 1. The van der Waals surface area contributed by atoms with E-state index in [1.807, 2.05) is 4.90 Å². The van der Waals surface area contributed by atoms with E-state index in [2.05, 4.69) is 0 Å². The fourth-order valence-corrected chi connectivity index (χ4v) is 1.66. The van der Waals surface area contributed by atoms with Gasteiger partial charge in [-0.05, 0) is 26.3 Å². The summed E-state index contributed by atoms with van der Waals surface area (Å²) < 4.78 is 0. The Morgan fingerprint density at radius 1 is 1.75 bits per heavy atom. The van der Waals surface area contributed by atoms with Crippen LogP contribution in [0, 0.1) is 0 Å². The Labute approximate surface area is 71.8 Å². The van der Waals surface area contributed by atoms with Gasteiger partial charge in [0.15, 0.2) is 0 Å². The maximum Gasteiger partial charge on any atom is 0.320 e. The molecule has 0 bridgehead atoms. The fraction of sp³-hybridized carbons (Fsp3) is 0.875. The van der Waals surface area contributed by atoms with Crippen LogP contribution in [-0.2, 0) is 4.79 Å². The number of hydrogen-bond donors (Lipinski definition) is 2. The first-order chi connectivity index (χ1) is 5.61. The van der Waals surface area contributed by atoms with Crippen LogP contribution in [0.5, 0.6) is 0 Å². The second kappa shape index (κ2) is 3.87. The first kappa shape index (κ1) is 9.48. The van der Waals surface area contributed by atoms with Crippen molar-refractivity contribution in [3.63, 3.8) is 0 Å². The Morgan fingerprint density at radius 3 is 2.92 bits per heavy atom. The van der Waals surface area contributed by atoms with Crippen LogP contribution in [0.3, 0.4) is 0 Å². The summed E-state index contributed by atoms with van der Waals surface area (Å²) in [5.41, 5.74) is 0. The number of carboxylic acid groups (broad SMARTS) is 1. The lowest BCUT2D eigenvalue weighted by Crippen LogP contribution is -2.39. The molecule has 1 aliphatic rings. The lowest BCUT2D eigenvalue weighted by molar-refractivity contribution is -0.142. The van der Waals surface area contributed by atoms with Crippen molar-refractivity contribution in [3.05, 3.63) is 0 Å². The van der Waals surface area contributed by atoms with Crippen molar-refractivity contribution in [1.82, 2.24) is 4.90 Å². The van der Waals surface area contributed by atoms with E-state index in [0.717, 1.165) is 13.0 Å². The maximum atomic E-state index is 10.7. The zero-order valence-electron chi connectivity index (χ0n) is 7.23. The van der Waals surface area contributed by atoms with Gasteiger partial charge >= 0.3 is 5.97 Å². The molecule has 0 saturated carbocycles. The number of aliphatic hydroxyl groups is 1. The summed E-state index contributed by atoms with van der Waals surface area (Å²) in [6, 6.07) is -0.375. The number of β-amino-alcohol motifs (C(OH)–C–C–N with tert-alkyl or cyclic N) is 1. The molecule has 0 radical (unpaired) electrons. The number of aliphatic carboxylic acids is 1. The normalized spacial score (nSPS) is 27.3. The van der Waals surface area contributed by atoms with Crippen LogP contribution in [0.1, 0.15) is 19.8 Å². The smallest absolute Gasteiger partial charge is 0.320 e. The van der Waals surface area contributed by atoms with E-state index in [4.69, 9.17) is 10.2 Å². The van der Waals surface area contributed by atoms with Crippen LogP contribution in [0.15, 0.2) is 0 Å². The highest BCUT2D eigenvalue weighted by molar-refractivity contribution is 5.73. The van der Waals surface area contributed by atoms with Crippen molar-refractivity contribution < 1.29 is 15.0 Å². The summed E-state index contributed by atoms with van der Waals surface area (Å²) in [6.45, 7) is 2.94. The molecule has 12 heavy (non-hydrogen) atoms. The highest BCUT2D eigenvalue weighted by atomic mass is 16.4. The fourth-order valence-electron chi connectivity index (χ4n) is 1.66. The number of nitrogens with zero attached hydrogens (tertiary/aromatic N) is 1. The monoisotopic (exact) mass is 173 g/mol. The van der Waals surface area contributed by atoms with Crippen LogP contribution < -0.4 is 0 Å². The van der Waals surface area contributed by atoms with Gasteiger partial charge in [0, 0.05) is 6.54 Å². The molecule has 4 heteroatoms. The van der Waals surface area contributed by atoms with Crippen molar-refractivity contribution >= 4 is 5.97 Å². The molecule has 0 aromatic rings. The predicted molar refractivity (Wildman–Crippen MR) is 43.9 cm³/mol. The minimum absolute atomic E-state index is 0.375. The molecular formula is C8H15NO3. The molecule has 1 saturated heterocycles. The van der Waals surface area contributed by atoms with Gasteiger partial charge < -0.3 is 10.2 Å². The van der Waals surface area contributed by atoms with Crippen LogP contribution in [0.25, 0.3) is 0 Å². The number of hydrogen-bond acceptors (Lipinski definition) is 3. The highest BCUT2D eigenvalue weighted by Gasteiger charge is 2.30. The molecule has 2 N–H and O–H groups in total. The summed E-state index contributed by atoms with van der Waals surface area (Å²) >= 11 is 0. The molecule has 0 aromatic heterocycles. The third-order valence-electron chi connectivity index (χ3n) is 2.15. The number of rotatable bonds is 3. The topological polar surface area (TPSA) is 60.8 Å². The zero-order chi connectivity index (χ0) is 9.14. The van der Waals surface area contributed by atoms with Gasteiger partial charge in [-0.25, -0.2) is 0 Å². The minimum Gasteiger partial charge on any atom is -0.480 e. The summed E-state index contributed by atoms with van der Waals surface area (Å²) in [7, 11) is 0. The summed E-state index contributed by atoms with van der Waals surface area (Å²) in [6.07, 6.45) is 1.19. The van der Waals surface area contributed by atoms with Crippen molar-refractivity contribution in [2.45, 2.75) is 31.9 Å². The van der Waals surface area contributed by atoms with E-state index < -0.39 is 12.1 Å². The summed E-state index contributed by atoms with van der Waals surface area (Å²) in [4.78, 5) is 12.5.